The molecule has 0 aromatic carbocycles. The number of piperidine rings is 1. The van der Waals surface area contributed by atoms with E-state index in [0.717, 1.165) is 5.69 Å². The van der Waals surface area contributed by atoms with Crippen molar-refractivity contribution >= 4 is 40.9 Å². The highest BCUT2D eigenvalue weighted by molar-refractivity contribution is 7.78. The van der Waals surface area contributed by atoms with Crippen LogP contribution in [0.5, 0.6) is 0 Å². The molecule has 2 N–H and O–H groups in total. The fourth-order valence-corrected chi connectivity index (χ4v) is 3.72. The summed E-state index contributed by atoms with van der Waals surface area (Å²) in [5.74, 6) is -0.0812. The number of carbonyl (C=O) groups is 2. The summed E-state index contributed by atoms with van der Waals surface area (Å²) >= 11 is 4.72. The molecule has 1 fully saturated rings. The van der Waals surface area contributed by atoms with E-state index in [4.69, 9.17) is 17.0 Å². The second-order valence-electron chi connectivity index (χ2n) is 8.09. The van der Waals surface area contributed by atoms with Crippen molar-refractivity contribution in [2.24, 2.45) is 10.9 Å². The Morgan fingerprint density at radius 2 is 2.14 bits per heavy atom. The van der Waals surface area contributed by atoms with Crippen LogP contribution in [0.15, 0.2) is 23.5 Å². The monoisotopic (exact) mass is 421 g/mol. The molecule has 1 aromatic heterocycles. The van der Waals surface area contributed by atoms with Crippen LogP contribution in [0, 0.1) is 5.92 Å². The highest BCUT2D eigenvalue weighted by Crippen LogP contribution is 2.32. The number of aromatic nitrogens is 1. The lowest BCUT2D eigenvalue weighted by molar-refractivity contribution is 0.0424. The number of carbonyl (C=O) groups excluding carboxylic acids is 1. The first-order valence-corrected chi connectivity index (χ1v) is 9.66. The summed E-state index contributed by atoms with van der Waals surface area (Å²) in [5.41, 5.74) is 0.692. The van der Waals surface area contributed by atoms with Gasteiger partial charge in [0.2, 0.25) is 0 Å². The molecular weight excluding hydrogens is 394 g/mol. The third kappa shape index (κ3) is 5.88. The van der Waals surface area contributed by atoms with Crippen LogP contribution in [0.1, 0.15) is 27.7 Å². The van der Waals surface area contributed by atoms with Gasteiger partial charge in [0, 0.05) is 26.3 Å². The lowest BCUT2D eigenvalue weighted by atomic mass is 9.88. The van der Waals surface area contributed by atoms with Gasteiger partial charge in [0.1, 0.15) is 11.3 Å². The van der Waals surface area contributed by atoms with Gasteiger partial charge in [0.15, 0.2) is 0 Å². The number of nitrogens with one attached hydrogen (secondary N) is 1. The van der Waals surface area contributed by atoms with E-state index in [0.29, 0.717) is 18.8 Å². The smallest absolute Gasteiger partial charge is 0.408 e. The molecule has 2 heterocycles. The molecule has 0 radical (unpaired) electrons. The predicted octanol–water partition coefficient (Wildman–Crippen LogP) is 3.14. The largest absolute Gasteiger partial charge is 0.465 e. The first-order valence-electron chi connectivity index (χ1n) is 9.25. The molecule has 10 heteroatoms. The van der Waals surface area contributed by atoms with Crippen LogP contribution in [-0.2, 0) is 4.74 Å². The number of aliphatic imine (C=N–C) groups is 1. The Balaban J connectivity index is 2.34. The third-order valence-corrected chi connectivity index (χ3v) is 4.75. The van der Waals surface area contributed by atoms with E-state index in [1.54, 1.807) is 33.2 Å². The molecule has 0 saturated carbocycles. The van der Waals surface area contributed by atoms with Gasteiger partial charge in [0.05, 0.1) is 29.1 Å². The van der Waals surface area contributed by atoms with Crippen LogP contribution >= 0.6 is 12.2 Å². The maximum absolute atomic E-state index is 12.4. The second kappa shape index (κ2) is 9.19. The molecule has 0 aliphatic carbocycles. The van der Waals surface area contributed by atoms with Crippen molar-refractivity contribution in [3.05, 3.63) is 18.5 Å². The minimum atomic E-state index is -1.05. The Labute approximate surface area is 175 Å². The highest BCUT2D eigenvalue weighted by Gasteiger charge is 2.40. The van der Waals surface area contributed by atoms with Crippen LogP contribution in [-0.4, -0.2) is 70.2 Å². The number of thiocarbonyl (C=S) groups is 1. The summed E-state index contributed by atoms with van der Waals surface area (Å²) in [5, 5.41) is 14.7. The normalized spacial score (nSPS) is 21.7. The minimum Gasteiger partial charge on any atom is -0.465 e. The van der Waals surface area contributed by atoms with Crippen LogP contribution in [0.4, 0.5) is 21.0 Å². The van der Waals surface area contributed by atoms with E-state index in [1.165, 1.54) is 11.9 Å². The number of rotatable bonds is 4. The van der Waals surface area contributed by atoms with Crippen molar-refractivity contribution in [3.8, 4) is 0 Å². The Kier molecular flexibility index (Phi) is 7.16. The first kappa shape index (κ1) is 22.6. The average Bonchev–Trinajstić information content (AvgIpc) is 2.60. The molecule has 0 spiro atoms. The summed E-state index contributed by atoms with van der Waals surface area (Å²) in [6.45, 7) is 8.21. The average molecular weight is 422 g/mol. The summed E-state index contributed by atoms with van der Waals surface area (Å²) < 4.78 is 5.38. The zero-order chi connectivity index (χ0) is 21.8. The van der Waals surface area contributed by atoms with E-state index in [9.17, 15) is 14.7 Å². The lowest BCUT2D eigenvalue weighted by Crippen LogP contribution is -2.64. The number of hydrogen-bond donors (Lipinski definition) is 2. The fourth-order valence-electron chi connectivity index (χ4n) is 3.62. The van der Waals surface area contributed by atoms with Gasteiger partial charge in [-0.3, -0.25) is 4.98 Å². The SMILES string of the molecule is C[C@@H]1CN(c2ccncc2N=C=S)C[C@H](NC(=O)OC(C)(C)C)[C@H]1N(C)C(=O)O. The molecule has 2 amide bonds. The third-order valence-electron chi connectivity index (χ3n) is 4.66. The van der Waals surface area contributed by atoms with Gasteiger partial charge >= 0.3 is 12.2 Å². The zero-order valence-electron chi connectivity index (χ0n) is 17.2. The maximum atomic E-state index is 12.4. The van der Waals surface area contributed by atoms with Crippen LogP contribution < -0.4 is 10.2 Å². The molecule has 1 aliphatic heterocycles. The zero-order valence-corrected chi connectivity index (χ0v) is 18.1. The molecule has 1 aliphatic rings. The van der Waals surface area contributed by atoms with Gasteiger partial charge in [-0.1, -0.05) is 6.92 Å². The first-order chi connectivity index (χ1) is 13.5. The number of pyridine rings is 1. The topological polar surface area (TPSA) is 107 Å². The lowest BCUT2D eigenvalue weighted by Gasteiger charge is -2.46. The summed E-state index contributed by atoms with van der Waals surface area (Å²) in [7, 11) is 1.51. The number of nitrogens with zero attached hydrogens (tertiary/aromatic N) is 4. The van der Waals surface area contributed by atoms with E-state index < -0.39 is 29.9 Å². The molecular formula is C19H27N5O4S. The maximum Gasteiger partial charge on any atom is 0.408 e. The number of hydrogen-bond acceptors (Lipinski definition) is 7. The summed E-state index contributed by atoms with van der Waals surface area (Å²) in [4.78, 5) is 35.4. The molecule has 3 atom stereocenters. The molecule has 1 saturated heterocycles. The molecule has 0 unspecified atom stereocenters. The van der Waals surface area contributed by atoms with Crippen molar-refractivity contribution in [1.82, 2.24) is 15.2 Å². The number of likely N-dealkylation sites (N-methyl/N-ethyl adjacent to an activating group) is 1. The highest BCUT2D eigenvalue weighted by atomic mass is 32.1. The van der Waals surface area contributed by atoms with Crippen LogP contribution in [0.25, 0.3) is 0 Å². The molecule has 29 heavy (non-hydrogen) atoms. The van der Waals surface area contributed by atoms with Gasteiger partial charge in [-0.25, -0.2) is 9.59 Å². The van der Waals surface area contributed by atoms with Gasteiger partial charge < -0.3 is 25.0 Å². The summed E-state index contributed by atoms with van der Waals surface area (Å²) in [6, 6.07) is 0.895. The number of anilines is 1. The Morgan fingerprint density at radius 3 is 2.72 bits per heavy atom. The van der Waals surface area contributed by atoms with Crippen molar-refractivity contribution in [2.45, 2.75) is 45.4 Å². The number of carboxylic acid groups (broad SMARTS) is 1. The summed E-state index contributed by atoms with van der Waals surface area (Å²) in [6.07, 6.45) is 1.59. The Hall–Kier alpha value is -2.71. The quantitative estimate of drug-likeness (QED) is 0.568. The molecule has 9 nitrogen and oxygen atoms in total. The molecule has 158 valence electrons. The van der Waals surface area contributed by atoms with Crippen molar-refractivity contribution in [1.29, 1.82) is 0 Å². The van der Waals surface area contributed by atoms with Gasteiger partial charge in [-0.15, -0.1) is 0 Å². The number of amides is 2. The Morgan fingerprint density at radius 1 is 1.45 bits per heavy atom. The van der Waals surface area contributed by atoms with E-state index >= 15 is 0 Å². The van der Waals surface area contributed by atoms with Gasteiger partial charge in [-0.05, 0) is 45.0 Å². The van der Waals surface area contributed by atoms with Crippen molar-refractivity contribution < 1.29 is 19.4 Å². The van der Waals surface area contributed by atoms with Crippen molar-refractivity contribution in [2.75, 3.05) is 25.0 Å². The molecule has 0 bridgehead atoms. The number of ether oxygens (including phenoxy) is 1. The Bertz CT molecular complexity index is 806. The molecule has 2 rings (SSSR count). The second-order valence-corrected chi connectivity index (χ2v) is 8.27. The van der Waals surface area contributed by atoms with E-state index in [2.05, 4.69) is 20.5 Å². The number of isothiocyanates is 1. The standard InChI is InChI=1S/C19H27N5O4S/c1-12-9-24(15-6-7-20-8-13(15)21-11-29)10-14(16(12)23(5)18(26)27)22-17(25)28-19(2,3)4/h6-8,12,14,16H,9-10H2,1-5H3,(H,22,25)(H,26,27)/t12-,14+,16+/m1/s1. The predicted molar refractivity (Wildman–Crippen MR) is 113 cm³/mol. The fraction of sp³-hybridized carbons (Fsp3) is 0.579. The van der Waals surface area contributed by atoms with Crippen LogP contribution in [0.3, 0.4) is 0 Å². The molecule has 1 aromatic rings. The van der Waals surface area contributed by atoms with E-state index in [1.807, 2.05) is 17.9 Å². The van der Waals surface area contributed by atoms with Gasteiger partial charge in [-0.2, -0.15) is 4.99 Å². The van der Waals surface area contributed by atoms with Crippen molar-refractivity contribution in [3.63, 3.8) is 0 Å². The van der Waals surface area contributed by atoms with Gasteiger partial charge in [0.25, 0.3) is 0 Å². The van der Waals surface area contributed by atoms with Crippen LogP contribution in [0.2, 0.25) is 0 Å². The number of alkyl carbamates (subject to hydrolysis) is 1. The minimum absolute atomic E-state index is 0.0812. The van der Waals surface area contributed by atoms with E-state index in [-0.39, 0.29) is 5.92 Å².